The smallest absolute Gasteiger partial charge is 0.447 e. The van der Waals surface area contributed by atoms with Crippen molar-refractivity contribution in [3.8, 4) is 0 Å². The number of fused-ring (bicyclic) bond motifs is 1. The molecule has 0 N–H and O–H groups in total. The van der Waals surface area contributed by atoms with Crippen LogP contribution in [0.3, 0.4) is 0 Å². The Morgan fingerprint density at radius 3 is 2.39 bits per heavy atom. The molecule has 1 aliphatic rings. The molecule has 2 aromatic rings. The summed E-state index contributed by atoms with van der Waals surface area (Å²) in [5, 5.41) is 3.36. The minimum absolute atomic E-state index is 0.139. The van der Waals surface area contributed by atoms with Crippen molar-refractivity contribution in [2.24, 2.45) is 0 Å². The summed E-state index contributed by atoms with van der Waals surface area (Å²) in [6, 6.07) is 6.88. The molecule has 1 aromatic heterocycles. The quantitative estimate of drug-likeness (QED) is 0.389. The zero-order valence-electron chi connectivity index (χ0n) is 17.0. The number of alkyl halides is 8. The van der Waals surface area contributed by atoms with Gasteiger partial charge in [0.2, 0.25) is 0 Å². The maximum atomic E-state index is 14.7. The number of esters is 1. The maximum Gasteiger partial charge on any atom is 0.522 e. The number of aromatic nitrogens is 2. The van der Waals surface area contributed by atoms with Gasteiger partial charge in [-0.15, -0.1) is 13.2 Å². The van der Waals surface area contributed by atoms with Gasteiger partial charge in [-0.25, -0.2) is 13.6 Å². The van der Waals surface area contributed by atoms with E-state index in [1.165, 1.54) is 24.3 Å². The molecule has 2 atom stereocenters. The highest BCUT2D eigenvalue weighted by Crippen LogP contribution is 2.48. The van der Waals surface area contributed by atoms with E-state index in [0.29, 0.717) is 0 Å². The molecule has 3 rings (SSSR count). The van der Waals surface area contributed by atoms with Crippen molar-refractivity contribution in [3.05, 3.63) is 52.8 Å². The van der Waals surface area contributed by atoms with Crippen molar-refractivity contribution < 1.29 is 49.4 Å². The van der Waals surface area contributed by atoms with Crippen molar-refractivity contribution in [2.75, 3.05) is 0 Å². The fourth-order valence-corrected chi connectivity index (χ4v) is 3.56. The summed E-state index contributed by atoms with van der Waals surface area (Å²) >= 11 is 0. The zero-order chi connectivity index (χ0) is 24.6. The Bertz CT molecular complexity index is 986. The van der Waals surface area contributed by atoms with E-state index in [4.69, 9.17) is 4.74 Å². The topological polar surface area (TPSA) is 53.4 Å². The van der Waals surface area contributed by atoms with Crippen molar-refractivity contribution >= 4 is 5.97 Å². The third kappa shape index (κ3) is 5.81. The van der Waals surface area contributed by atoms with Gasteiger partial charge in [0.1, 0.15) is 0 Å². The largest absolute Gasteiger partial charge is 0.522 e. The van der Waals surface area contributed by atoms with E-state index in [-0.39, 0.29) is 11.3 Å². The molecule has 1 aliphatic carbocycles. The zero-order valence-corrected chi connectivity index (χ0v) is 17.0. The molecule has 0 spiro atoms. The Morgan fingerprint density at radius 1 is 1.18 bits per heavy atom. The van der Waals surface area contributed by atoms with E-state index >= 15 is 0 Å². The molecule has 5 nitrogen and oxygen atoms in total. The number of rotatable bonds is 6. The van der Waals surface area contributed by atoms with Crippen LogP contribution in [0.4, 0.5) is 35.1 Å². The van der Waals surface area contributed by atoms with Crippen LogP contribution >= 0.6 is 0 Å². The number of halogens is 8. The van der Waals surface area contributed by atoms with Gasteiger partial charge in [0.15, 0.2) is 11.8 Å². The van der Waals surface area contributed by atoms with Gasteiger partial charge in [-0.2, -0.15) is 18.3 Å². The lowest BCUT2D eigenvalue weighted by atomic mass is 9.89. The first-order chi connectivity index (χ1) is 15.2. The number of hydrogen-bond acceptors (Lipinski definition) is 4. The predicted molar refractivity (Wildman–Crippen MR) is 96.3 cm³/mol. The van der Waals surface area contributed by atoms with Crippen molar-refractivity contribution in [3.63, 3.8) is 0 Å². The highest BCUT2D eigenvalue weighted by atomic mass is 19.4. The van der Waals surface area contributed by atoms with Crippen LogP contribution in [0, 0.1) is 0 Å². The van der Waals surface area contributed by atoms with Gasteiger partial charge in [-0.1, -0.05) is 18.2 Å². The summed E-state index contributed by atoms with van der Waals surface area (Å²) in [6.45, 7) is 0.604. The summed E-state index contributed by atoms with van der Waals surface area (Å²) < 4.78 is 117. The van der Waals surface area contributed by atoms with Crippen LogP contribution in [-0.4, -0.2) is 34.1 Å². The molecule has 0 radical (unpaired) electrons. The number of hydrogen-bond donors (Lipinski definition) is 0. The third-order valence-corrected chi connectivity index (χ3v) is 5.02. The van der Waals surface area contributed by atoms with Crippen LogP contribution < -0.4 is 0 Å². The summed E-state index contributed by atoms with van der Waals surface area (Å²) in [5.74, 6) is -5.07. The minimum Gasteiger partial charge on any atom is -0.447 e. The molecule has 1 heterocycles. The van der Waals surface area contributed by atoms with Crippen molar-refractivity contribution in [1.29, 1.82) is 0 Å². The normalized spacial score (nSPS) is 19.1. The van der Waals surface area contributed by atoms with Crippen LogP contribution in [0.2, 0.25) is 0 Å². The Balaban J connectivity index is 1.96. The van der Waals surface area contributed by atoms with Gasteiger partial charge < -0.3 is 4.74 Å². The lowest BCUT2D eigenvalue weighted by molar-refractivity contribution is -0.341. The first-order valence-corrected chi connectivity index (χ1v) is 9.74. The van der Waals surface area contributed by atoms with Crippen molar-refractivity contribution in [2.45, 2.75) is 63.4 Å². The Morgan fingerprint density at radius 2 is 1.82 bits per heavy atom. The van der Waals surface area contributed by atoms with Crippen LogP contribution in [0.15, 0.2) is 30.3 Å². The van der Waals surface area contributed by atoms with Crippen LogP contribution in [-0.2, 0) is 28.6 Å². The van der Waals surface area contributed by atoms with Gasteiger partial charge in [0, 0.05) is 18.7 Å². The summed E-state index contributed by atoms with van der Waals surface area (Å²) in [5.41, 5.74) is -3.09. The number of benzene rings is 1. The van der Waals surface area contributed by atoms with Gasteiger partial charge in [-0.05, 0) is 31.9 Å². The van der Waals surface area contributed by atoms with Gasteiger partial charge in [0.05, 0.1) is 17.2 Å². The fraction of sp³-hybridized carbons (Fsp3) is 0.500. The number of carbonyl (C=O) groups excluding carboxylic acids is 1. The van der Waals surface area contributed by atoms with Crippen LogP contribution in [0.5, 0.6) is 0 Å². The molecule has 0 amide bonds. The average molecular weight is 486 g/mol. The van der Waals surface area contributed by atoms with E-state index in [1.807, 2.05) is 0 Å². The van der Waals surface area contributed by atoms with Crippen molar-refractivity contribution in [1.82, 2.24) is 9.78 Å². The van der Waals surface area contributed by atoms with Gasteiger partial charge in [0.25, 0.3) is 5.92 Å². The molecule has 1 unspecified atom stereocenters. The second-order valence-electron chi connectivity index (χ2n) is 7.51. The molecule has 1 aromatic carbocycles. The van der Waals surface area contributed by atoms with E-state index in [1.54, 1.807) is 6.07 Å². The van der Waals surface area contributed by atoms with E-state index in [0.717, 1.165) is 11.6 Å². The van der Waals surface area contributed by atoms with Crippen LogP contribution in [0.1, 0.15) is 53.2 Å². The molecule has 33 heavy (non-hydrogen) atoms. The first kappa shape index (κ1) is 24.9. The lowest BCUT2D eigenvalue weighted by Crippen LogP contribution is -2.36. The van der Waals surface area contributed by atoms with Crippen LogP contribution in [0.25, 0.3) is 0 Å². The summed E-state index contributed by atoms with van der Waals surface area (Å²) in [7, 11) is 0. The van der Waals surface area contributed by atoms with E-state index in [2.05, 4.69) is 9.84 Å². The van der Waals surface area contributed by atoms with E-state index in [9.17, 15) is 39.9 Å². The molecule has 0 saturated heterocycles. The minimum atomic E-state index is -5.17. The molecule has 0 saturated carbocycles. The SMILES string of the molecule is CC(CCn1nc(C(F)(F)F)c2c1CCC(F)(F)[C@H]2OC(=O)c1ccccc1)OC(F)(F)F. The Kier molecular flexibility index (Phi) is 6.74. The number of ether oxygens (including phenoxy) is 2. The van der Waals surface area contributed by atoms with Gasteiger partial charge in [-0.3, -0.25) is 9.42 Å². The fourth-order valence-electron chi connectivity index (χ4n) is 3.56. The predicted octanol–water partition coefficient (Wildman–Crippen LogP) is 5.70. The molecule has 0 fully saturated rings. The first-order valence-electron chi connectivity index (χ1n) is 9.74. The summed E-state index contributed by atoms with van der Waals surface area (Å²) in [6.07, 6.45) is -16.0. The number of nitrogens with zero attached hydrogens (tertiary/aromatic N) is 2. The highest BCUT2D eigenvalue weighted by Gasteiger charge is 2.54. The van der Waals surface area contributed by atoms with Gasteiger partial charge >= 0.3 is 18.5 Å². The second kappa shape index (κ2) is 8.92. The molecular weight excluding hydrogens is 468 g/mol. The molecule has 182 valence electrons. The molecular formula is C20H18F8N2O3. The number of carbonyl (C=O) groups is 1. The standard InChI is InChI=1S/C20H18F8N2O3/c1-11(33-20(26,27)28)8-10-30-13-7-9-18(21,22)16(14(13)15(29-30)19(23,24)25)32-17(31)12-5-3-2-4-6-12/h2-6,11,16H,7-10H2,1H3/t11?,16-/m0/s1. The monoisotopic (exact) mass is 486 g/mol. The third-order valence-electron chi connectivity index (χ3n) is 5.02. The second-order valence-corrected chi connectivity index (χ2v) is 7.51. The molecule has 0 bridgehead atoms. The maximum absolute atomic E-state index is 14.7. The Labute approximate surface area is 182 Å². The lowest BCUT2D eigenvalue weighted by Gasteiger charge is -2.32. The summed E-state index contributed by atoms with van der Waals surface area (Å²) in [4.78, 5) is 12.3. The average Bonchev–Trinajstić information content (AvgIpc) is 3.07. The highest BCUT2D eigenvalue weighted by molar-refractivity contribution is 5.89. The number of aryl methyl sites for hydroxylation is 1. The molecule has 13 heteroatoms. The molecule has 0 aliphatic heterocycles. The Hall–Kier alpha value is -2.70. The van der Waals surface area contributed by atoms with E-state index < -0.39 is 73.7 Å².